The zero-order valence-corrected chi connectivity index (χ0v) is 17.1. The quantitative estimate of drug-likeness (QED) is 0.433. The number of carbonyl (C=O) groups excluding carboxylic acids is 2. The van der Waals surface area contributed by atoms with Crippen molar-refractivity contribution in [3.63, 3.8) is 0 Å². The first-order valence-corrected chi connectivity index (χ1v) is 9.45. The molecule has 8 heteroatoms. The van der Waals surface area contributed by atoms with E-state index in [2.05, 4.69) is 5.32 Å². The second-order valence-electron chi connectivity index (χ2n) is 6.07. The van der Waals surface area contributed by atoms with Gasteiger partial charge in [-0.25, -0.2) is 0 Å². The molecule has 3 rings (SSSR count). The van der Waals surface area contributed by atoms with Crippen LogP contribution in [-0.4, -0.2) is 16.0 Å². The molecular formula is C18H12Cl5NO2. The maximum Gasteiger partial charge on any atom is 0.231 e. The number of alkyl halides is 2. The highest BCUT2D eigenvalue weighted by Gasteiger charge is 2.67. The molecule has 26 heavy (non-hydrogen) atoms. The maximum atomic E-state index is 12.6. The highest BCUT2D eigenvalue weighted by Crippen LogP contribution is 2.65. The molecule has 1 fully saturated rings. The van der Waals surface area contributed by atoms with Crippen molar-refractivity contribution in [3.8, 4) is 0 Å². The van der Waals surface area contributed by atoms with Gasteiger partial charge >= 0.3 is 0 Å². The number of hydrogen-bond acceptors (Lipinski definition) is 2. The minimum absolute atomic E-state index is 0.201. The monoisotopic (exact) mass is 449 g/mol. The van der Waals surface area contributed by atoms with Gasteiger partial charge in [-0.1, -0.05) is 34.8 Å². The Hall–Kier alpha value is -0.970. The Bertz CT molecular complexity index is 892. The molecule has 0 radical (unpaired) electrons. The minimum atomic E-state index is -1.27. The normalized spacial score (nSPS) is 20.5. The first-order valence-electron chi connectivity index (χ1n) is 7.56. The molecule has 3 nitrogen and oxygen atoms in total. The Kier molecular flexibility index (Phi) is 5.49. The fourth-order valence-corrected chi connectivity index (χ4v) is 4.54. The second-order valence-corrected chi connectivity index (χ2v) is 8.80. The Balaban J connectivity index is 1.82. The number of Topliss-reactive ketones (excluding diaryl/α,β-unsaturated/α-hetero) is 1. The highest BCUT2D eigenvalue weighted by atomic mass is 35.5. The summed E-state index contributed by atoms with van der Waals surface area (Å²) in [7, 11) is 0. The molecule has 2 aromatic carbocycles. The van der Waals surface area contributed by atoms with E-state index >= 15 is 0 Å². The lowest BCUT2D eigenvalue weighted by Crippen LogP contribution is -2.17. The van der Waals surface area contributed by atoms with Crippen molar-refractivity contribution in [2.45, 2.75) is 17.2 Å². The Morgan fingerprint density at radius 3 is 2.19 bits per heavy atom. The molecule has 2 atom stereocenters. The van der Waals surface area contributed by atoms with Crippen LogP contribution in [0.4, 0.5) is 5.69 Å². The molecule has 136 valence electrons. The van der Waals surface area contributed by atoms with Gasteiger partial charge in [0.15, 0.2) is 5.78 Å². The van der Waals surface area contributed by atoms with Crippen LogP contribution in [0.15, 0.2) is 36.4 Å². The largest absolute Gasteiger partial charge is 0.326 e. The summed E-state index contributed by atoms with van der Waals surface area (Å²) in [5.41, 5.74) is 1.44. The van der Waals surface area contributed by atoms with E-state index in [9.17, 15) is 9.59 Å². The average molecular weight is 452 g/mol. The number of hydrogen-bond donors (Lipinski definition) is 1. The summed E-state index contributed by atoms with van der Waals surface area (Å²) in [5.74, 6) is -1.70. The number of anilines is 1. The zero-order valence-electron chi connectivity index (χ0n) is 13.3. The molecule has 0 heterocycles. The van der Waals surface area contributed by atoms with Gasteiger partial charge < -0.3 is 5.32 Å². The van der Waals surface area contributed by atoms with Crippen molar-refractivity contribution in [2.75, 3.05) is 5.32 Å². The number of nitrogens with one attached hydrogen (secondary N) is 1. The molecular weight excluding hydrogens is 439 g/mol. The van der Waals surface area contributed by atoms with Crippen molar-refractivity contribution in [3.05, 3.63) is 62.6 Å². The third kappa shape index (κ3) is 3.83. The van der Waals surface area contributed by atoms with Crippen LogP contribution in [-0.2, 0) is 4.79 Å². The van der Waals surface area contributed by atoms with Gasteiger partial charge in [-0.2, -0.15) is 0 Å². The van der Waals surface area contributed by atoms with E-state index in [4.69, 9.17) is 58.0 Å². The summed E-state index contributed by atoms with van der Waals surface area (Å²) >= 11 is 30.7. The molecule has 2 aromatic rings. The van der Waals surface area contributed by atoms with Crippen LogP contribution in [0, 0.1) is 5.92 Å². The van der Waals surface area contributed by atoms with Gasteiger partial charge in [0, 0.05) is 27.2 Å². The van der Waals surface area contributed by atoms with E-state index < -0.39 is 16.2 Å². The molecule has 2 unspecified atom stereocenters. The number of halogens is 5. The Morgan fingerprint density at radius 1 is 1.00 bits per heavy atom. The lowest BCUT2D eigenvalue weighted by Gasteiger charge is -2.08. The van der Waals surface area contributed by atoms with Crippen molar-refractivity contribution in [1.82, 2.24) is 0 Å². The number of rotatable bonds is 4. The molecule has 0 spiro atoms. The van der Waals surface area contributed by atoms with E-state index in [-0.39, 0.29) is 11.7 Å². The zero-order chi connectivity index (χ0) is 19.2. The molecule has 0 bridgehead atoms. The fourth-order valence-electron chi connectivity index (χ4n) is 2.92. The van der Waals surface area contributed by atoms with Crippen LogP contribution >= 0.6 is 58.0 Å². The van der Waals surface area contributed by atoms with Crippen molar-refractivity contribution < 1.29 is 9.59 Å². The van der Waals surface area contributed by atoms with Crippen LogP contribution in [0.5, 0.6) is 0 Å². The van der Waals surface area contributed by atoms with Crippen molar-refractivity contribution in [2.24, 2.45) is 5.92 Å². The van der Waals surface area contributed by atoms with Gasteiger partial charge in [0.25, 0.3) is 0 Å². The predicted octanol–water partition coefficient (Wildman–Crippen LogP) is 6.38. The average Bonchev–Trinajstić information content (AvgIpc) is 3.10. The minimum Gasteiger partial charge on any atom is -0.326 e. The molecule has 0 aliphatic heterocycles. The van der Waals surface area contributed by atoms with E-state index in [1.54, 1.807) is 30.3 Å². The smallest absolute Gasteiger partial charge is 0.231 e. The van der Waals surface area contributed by atoms with Crippen molar-refractivity contribution >= 4 is 75.4 Å². The Morgan fingerprint density at radius 2 is 1.62 bits per heavy atom. The second kappa shape index (κ2) is 7.21. The summed E-state index contributed by atoms with van der Waals surface area (Å²) < 4.78 is -1.27. The lowest BCUT2D eigenvalue weighted by atomic mass is 10.1. The summed E-state index contributed by atoms with van der Waals surface area (Å²) in [5, 5.41) is 3.92. The molecule has 1 saturated carbocycles. The maximum absolute atomic E-state index is 12.6. The van der Waals surface area contributed by atoms with Gasteiger partial charge in [-0.3, -0.25) is 9.59 Å². The Labute approximate surface area is 175 Å². The SMILES string of the molecule is CC(=O)c1cc(NC(=O)C2C(c3cc(Cl)cc(Cl)c3)C2(Cl)Cl)ccc1Cl. The third-order valence-corrected chi connectivity index (χ3v) is 5.90. The number of ketones is 1. The first kappa shape index (κ1) is 19.8. The summed E-state index contributed by atoms with van der Waals surface area (Å²) in [4.78, 5) is 24.2. The third-order valence-electron chi connectivity index (χ3n) is 4.19. The summed E-state index contributed by atoms with van der Waals surface area (Å²) in [6.07, 6.45) is 0. The molecule has 0 saturated heterocycles. The van der Waals surface area contributed by atoms with Crippen LogP contribution in [0.1, 0.15) is 28.8 Å². The van der Waals surface area contributed by atoms with Gasteiger partial charge in [-0.05, 0) is 48.9 Å². The summed E-state index contributed by atoms with van der Waals surface area (Å²) in [6.45, 7) is 1.40. The number of amides is 1. The molecule has 0 aromatic heterocycles. The molecule has 1 aliphatic carbocycles. The molecule has 1 N–H and O–H groups in total. The van der Waals surface area contributed by atoms with E-state index in [1.165, 1.54) is 13.0 Å². The van der Waals surface area contributed by atoms with E-state index in [0.717, 1.165) is 0 Å². The van der Waals surface area contributed by atoms with E-state index in [1.807, 2.05) is 0 Å². The topological polar surface area (TPSA) is 46.2 Å². The van der Waals surface area contributed by atoms with E-state index in [0.29, 0.717) is 31.9 Å². The van der Waals surface area contributed by atoms with Gasteiger partial charge in [0.1, 0.15) is 4.33 Å². The standard InChI is InChI=1S/C18H12Cl5NO2/c1-8(25)13-7-12(2-3-14(13)21)24-17(26)16-15(18(16,22)23)9-4-10(19)6-11(20)5-9/h2-7,15-16H,1H3,(H,24,26). The highest BCUT2D eigenvalue weighted by molar-refractivity contribution is 6.53. The van der Waals surface area contributed by atoms with Crippen LogP contribution in [0.2, 0.25) is 15.1 Å². The fraction of sp³-hybridized carbons (Fsp3) is 0.222. The van der Waals surface area contributed by atoms with Crippen LogP contribution < -0.4 is 5.32 Å². The lowest BCUT2D eigenvalue weighted by molar-refractivity contribution is -0.117. The van der Waals surface area contributed by atoms with Crippen LogP contribution in [0.3, 0.4) is 0 Å². The molecule has 1 amide bonds. The number of carbonyl (C=O) groups is 2. The van der Waals surface area contributed by atoms with Crippen LogP contribution in [0.25, 0.3) is 0 Å². The summed E-state index contributed by atoms with van der Waals surface area (Å²) in [6, 6.07) is 9.61. The van der Waals surface area contributed by atoms with Gasteiger partial charge in [0.2, 0.25) is 5.91 Å². The van der Waals surface area contributed by atoms with Gasteiger partial charge in [0.05, 0.1) is 10.9 Å². The van der Waals surface area contributed by atoms with Crippen molar-refractivity contribution in [1.29, 1.82) is 0 Å². The number of benzene rings is 2. The molecule has 1 aliphatic rings. The predicted molar refractivity (Wildman–Crippen MR) is 107 cm³/mol. The van der Waals surface area contributed by atoms with Gasteiger partial charge in [-0.15, -0.1) is 23.2 Å². The first-order chi connectivity index (χ1) is 12.1.